The molecule has 0 spiro atoms. The molecule has 0 aliphatic heterocycles. The van der Waals surface area contributed by atoms with Crippen molar-refractivity contribution in [2.45, 2.75) is 25.3 Å². The van der Waals surface area contributed by atoms with E-state index in [2.05, 4.69) is 19.6 Å². The molecule has 0 aromatic carbocycles. The van der Waals surface area contributed by atoms with Crippen molar-refractivity contribution in [2.24, 2.45) is 0 Å². The van der Waals surface area contributed by atoms with Gasteiger partial charge in [0.15, 0.2) is 5.82 Å². The number of rotatable bonds is 5. The van der Waals surface area contributed by atoms with E-state index in [0.29, 0.717) is 11.5 Å². The highest BCUT2D eigenvalue weighted by molar-refractivity contribution is 7.89. The molecule has 2 aromatic rings. The van der Waals surface area contributed by atoms with Crippen molar-refractivity contribution in [1.29, 1.82) is 0 Å². The highest BCUT2D eigenvalue weighted by Gasteiger charge is 2.27. The number of carbonyl (C=O) groups is 1. The number of methoxy groups -OCH3 is 1. The zero-order valence-corrected chi connectivity index (χ0v) is 13.2. The average Bonchev–Trinajstić information content (AvgIpc) is 3.02. The molecule has 0 bridgehead atoms. The van der Waals surface area contributed by atoms with E-state index in [9.17, 15) is 13.2 Å². The van der Waals surface area contributed by atoms with Crippen LogP contribution in [0.15, 0.2) is 14.8 Å². The summed E-state index contributed by atoms with van der Waals surface area (Å²) in [4.78, 5) is 15.5. The molecule has 0 aliphatic rings. The van der Waals surface area contributed by atoms with Gasteiger partial charge in [0.05, 0.1) is 13.7 Å². The molecule has 0 amide bonds. The molecule has 2 rings (SSSR count). The van der Waals surface area contributed by atoms with Crippen molar-refractivity contribution < 1.29 is 22.5 Å². The maximum Gasteiger partial charge on any atom is 0.349 e. The standard InChI is InChI=1S/C11H13N3O5S2/c1-6-5-20-9(11(15)18-3)10(6)21(16,17)12-4-8-13-7(2)19-14-8/h5,12H,4H2,1-3H3. The van der Waals surface area contributed by atoms with Gasteiger partial charge < -0.3 is 9.26 Å². The molecule has 2 aromatic heterocycles. The lowest BCUT2D eigenvalue weighted by Crippen LogP contribution is -2.25. The quantitative estimate of drug-likeness (QED) is 0.814. The monoisotopic (exact) mass is 331 g/mol. The molecule has 0 aliphatic carbocycles. The minimum absolute atomic E-state index is 0.0341. The summed E-state index contributed by atoms with van der Waals surface area (Å²) < 4.78 is 36.4. The number of aryl methyl sites for hydroxylation is 2. The number of nitrogens with zero attached hydrogens (tertiary/aromatic N) is 2. The average molecular weight is 331 g/mol. The lowest BCUT2D eigenvalue weighted by Gasteiger charge is -2.06. The highest BCUT2D eigenvalue weighted by Crippen LogP contribution is 2.27. The van der Waals surface area contributed by atoms with Crippen LogP contribution in [-0.4, -0.2) is 31.6 Å². The van der Waals surface area contributed by atoms with Crippen LogP contribution in [0.1, 0.15) is 27.0 Å². The number of ether oxygens (including phenoxy) is 1. The van der Waals surface area contributed by atoms with E-state index in [1.165, 1.54) is 7.11 Å². The normalized spacial score (nSPS) is 11.6. The van der Waals surface area contributed by atoms with E-state index in [-0.39, 0.29) is 22.1 Å². The molecule has 21 heavy (non-hydrogen) atoms. The molecule has 114 valence electrons. The Morgan fingerprint density at radius 2 is 2.19 bits per heavy atom. The summed E-state index contributed by atoms with van der Waals surface area (Å²) in [6, 6.07) is 0. The second-order valence-electron chi connectivity index (χ2n) is 4.12. The van der Waals surface area contributed by atoms with Crippen LogP contribution >= 0.6 is 11.3 Å². The van der Waals surface area contributed by atoms with Gasteiger partial charge in [0.2, 0.25) is 15.9 Å². The first-order chi connectivity index (χ1) is 9.85. The highest BCUT2D eigenvalue weighted by atomic mass is 32.2. The summed E-state index contributed by atoms with van der Waals surface area (Å²) in [5.41, 5.74) is 0.470. The molecule has 0 saturated carbocycles. The summed E-state index contributed by atoms with van der Waals surface area (Å²) in [7, 11) is -2.69. The largest absolute Gasteiger partial charge is 0.465 e. The Kier molecular flexibility index (Phi) is 4.40. The van der Waals surface area contributed by atoms with Crippen LogP contribution in [0.25, 0.3) is 0 Å². The van der Waals surface area contributed by atoms with Gasteiger partial charge in [-0.1, -0.05) is 5.16 Å². The number of carbonyl (C=O) groups excluding carboxylic acids is 1. The Balaban J connectivity index is 2.27. The topological polar surface area (TPSA) is 111 Å². The van der Waals surface area contributed by atoms with E-state index >= 15 is 0 Å². The molecule has 0 saturated heterocycles. The van der Waals surface area contributed by atoms with Crippen LogP contribution < -0.4 is 4.72 Å². The van der Waals surface area contributed by atoms with Crippen molar-refractivity contribution in [3.8, 4) is 0 Å². The first-order valence-corrected chi connectivity index (χ1v) is 8.16. The van der Waals surface area contributed by atoms with Gasteiger partial charge in [0, 0.05) is 6.92 Å². The van der Waals surface area contributed by atoms with E-state index in [4.69, 9.17) is 4.52 Å². The molecule has 1 N–H and O–H groups in total. The van der Waals surface area contributed by atoms with Crippen LogP contribution in [0.4, 0.5) is 0 Å². The first-order valence-electron chi connectivity index (χ1n) is 5.80. The molecule has 0 radical (unpaired) electrons. The van der Waals surface area contributed by atoms with Crippen LogP contribution in [0.2, 0.25) is 0 Å². The van der Waals surface area contributed by atoms with Gasteiger partial charge in [0.25, 0.3) is 0 Å². The molecule has 0 fully saturated rings. The van der Waals surface area contributed by atoms with Crippen LogP contribution in [-0.2, 0) is 21.3 Å². The fraction of sp³-hybridized carbons (Fsp3) is 0.364. The fourth-order valence-electron chi connectivity index (χ4n) is 1.65. The minimum Gasteiger partial charge on any atom is -0.465 e. The number of aromatic nitrogens is 2. The number of hydrogen-bond donors (Lipinski definition) is 1. The molecule has 10 heteroatoms. The summed E-state index contributed by atoms with van der Waals surface area (Å²) in [6.45, 7) is 3.08. The zero-order chi connectivity index (χ0) is 15.6. The minimum atomic E-state index is -3.88. The third-order valence-electron chi connectivity index (χ3n) is 2.55. The van der Waals surface area contributed by atoms with Gasteiger partial charge in [-0.2, -0.15) is 4.98 Å². The Morgan fingerprint density at radius 3 is 2.76 bits per heavy atom. The second kappa shape index (κ2) is 5.92. The number of esters is 1. The number of nitrogens with one attached hydrogen (secondary N) is 1. The number of hydrogen-bond acceptors (Lipinski definition) is 8. The van der Waals surface area contributed by atoms with E-state index in [0.717, 1.165) is 11.3 Å². The summed E-state index contributed by atoms with van der Waals surface area (Å²) >= 11 is 1.02. The fourth-order valence-corrected chi connectivity index (χ4v) is 4.33. The van der Waals surface area contributed by atoms with E-state index < -0.39 is 16.0 Å². The van der Waals surface area contributed by atoms with Crippen molar-refractivity contribution >= 4 is 27.3 Å². The van der Waals surface area contributed by atoms with E-state index in [1.54, 1.807) is 19.2 Å². The number of sulfonamides is 1. The van der Waals surface area contributed by atoms with Gasteiger partial charge in [-0.3, -0.25) is 0 Å². The third kappa shape index (κ3) is 3.28. The van der Waals surface area contributed by atoms with Crippen molar-refractivity contribution in [2.75, 3.05) is 7.11 Å². The Morgan fingerprint density at radius 1 is 1.48 bits per heavy atom. The predicted octanol–water partition coefficient (Wildman–Crippen LogP) is 1.01. The molecule has 8 nitrogen and oxygen atoms in total. The van der Waals surface area contributed by atoms with Crippen LogP contribution in [0, 0.1) is 13.8 Å². The van der Waals surface area contributed by atoms with Gasteiger partial charge in [-0.15, -0.1) is 11.3 Å². The lowest BCUT2D eigenvalue weighted by molar-refractivity contribution is 0.0602. The summed E-state index contributed by atoms with van der Waals surface area (Å²) in [5.74, 6) is -0.140. The Hall–Kier alpha value is -1.78. The maximum atomic E-state index is 12.3. The predicted molar refractivity (Wildman–Crippen MR) is 73.5 cm³/mol. The van der Waals surface area contributed by atoms with Gasteiger partial charge in [-0.25, -0.2) is 17.9 Å². The maximum absolute atomic E-state index is 12.3. The van der Waals surface area contributed by atoms with Crippen LogP contribution in [0.5, 0.6) is 0 Å². The van der Waals surface area contributed by atoms with Crippen molar-refractivity contribution in [3.05, 3.63) is 27.5 Å². The van der Waals surface area contributed by atoms with Crippen LogP contribution in [0.3, 0.4) is 0 Å². The summed E-state index contributed by atoms with van der Waals surface area (Å²) in [5, 5.41) is 5.18. The summed E-state index contributed by atoms with van der Waals surface area (Å²) in [6.07, 6.45) is 0. The molecular formula is C11H13N3O5S2. The second-order valence-corrected chi connectivity index (χ2v) is 6.71. The third-order valence-corrected chi connectivity index (χ3v) is 5.34. The Labute approximate surface area is 125 Å². The molecule has 0 atom stereocenters. The zero-order valence-electron chi connectivity index (χ0n) is 11.5. The molecule has 0 unspecified atom stereocenters. The lowest BCUT2D eigenvalue weighted by atomic mass is 10.3. The van der Waals surface area contributed by atoms with Crippen molar-refractivity contribution in [1.82, 2.24) is 14.9 Å². The SMILES string of the molecule is COC(=O)c1scc(C)c1S(=O)(=O)NCc1noc(C)n1. The van der Waals surface area contributed by atoms with E-state index in [1.807, 2.05) is 0 Å². The van der Waals surface area contributed by atoms with Gasteiger partial charge in [-0.05, 0) is 17.9 Å². The number of thiophene rings is 1. The van der Waals surface area contributed by atoms with Crippen molar-refractivity contribution in [3.63, 3.8) is 0 Å². The van der Waals surface area contributed by atoms with Gasteiger partial charge >= 0.3 is 5.97 Å². The molecular weight excluding hydrogens is 318 g/mol. The Bertz CT molecular complexity index is 763. The smallest absolute Gasteiger partial charge is 0.349 e. The van der Waals surface area contributed by atoms with Gasteiger partial charge in [0.1, 0.15) is 9.77 Å². The first kappa shape index (κ1) is 15.6. The molecule has 2 heterocycles.